The van der Waals surface area contributed by atoms with Crippen LogP contribution >= 0.6 is 11.3 Å². The highest BCUT2D eigenvalue weighted by atomic mass is 32.1. The number of hydrogen-bond acceptors (Lipinski definition) is 8. The van der Waals surface area contributed by atoms with Gasteiger partial charge in [0.15, 0.2) is 0 Å². The second-order valence-electron chi connectivity index (χ2n) is 5.32. The van der Waals surface area contributed by atoms with E-state index >= 15 is 0 Å². The molecule has 26 heavy (non-hydrogen) atoms. The maximum absolute atomic E-state index is 11.9. The van der Waals surface area contributed by atoms with Crippen LogP contribution in [-0.4, -0.2) is 32.6 Å². The molecule has 0 atom stereocenters. The lowest BCUT2D eigenvalue weighted by molar-refractivity contribution is -0.142. The summed E-state index contributed by atoms with van der Waals surface area (Å²) in [7, 11) is 0. The number of aromatic nitrogens is 3. The molecule has 0 bridgehead atoms. The van der Waals surface area contributed by atoms with Crippen LogP contribution in [0.4, 0.5) is 0 Å². The number of carbonyl (C=O) groups is 1. The van der Waals surface area contributed by atoms with E-state index in [0.29, 0.717) is 17.1 Å². The molecule has 8 heteroatoms. The average molecular weight is 366 g/mol. The van der Waals surface area contributed by atoms with Crippen LogP contribution in [0.1, 0.15) is 17.0 Å². The minimum Gasteiger partial charge on any atom is -0.506 e. The van der Waals surface area contributed by atoms with Crippen LogP contribution in [0.5, 0.6) is 5.75 Å². The molecule has 0 radical (unpaired) electrons. The highest BCUT2D eigenvalue weighted by molar-refractivity contribution is 7.13. The molecule has 0 spiro atoms. The Balaban J connectivity index is 1.56. The predicted molar refractivity (Wildman–Crippen MR) is 94.3 cm³/mol. The van der Waals surface area contributed by atoms with Crippen molar-refractivity contribution in [2.24, 2.45) is 0 Å². The Kier molecular flexibility index (Phi) is 5.51. The molecule has 130 valence electrons. The van der Waals surface area contributed by atoms with E-state index in [1.807, 2.05) is 24.3 Å². The van der Waals surface area contributed by atoms with E-state index in [1.54, 1.807) is 11.6 Å². The van der Waals surface area contributed by atoms with Gasteiger partial charge in [-0.3, -0.25) is 9.78 Å². The van der Waals surface area contributed by atoms with E-state index in [0.717, 1.165) is 5.69 Å². The van der Waals surface area contributed by atoms with Crippen molar-refractivity contribution >= 4 is 17.3 Å². The van der Waals surface area contributed by atoms with Gasteiger partial charge in [0, 0.05) is 36.0 Å². The topological polar surface area (TPSA) is 109 Å². The molecule has 3 heterocycles. The normalized spacial score (nSPS) is 10.3. The van der Waals surface area contributed by atoms with E-state index in [2.05, 4.69) is 15.0 Å². The van der Waals surface area contributed by atoms with Gasteiger partial charge in [0.05, 0.1) is 24.3 Å². The van der Waals surface area contributed by atoms with Gasteiger partial charge in [-0.15, -0.1) is 11.3 Å². The van der Waals surface area contributed by atoms with Gasteiger partial charge in [-0.1, -0.05) is 6.07 Å². The number of hydrogen-bond donors (Lipinski definition) is 1. The van der Waals surface area contributed by atoms with Crippen LogP contribution in [0.15, 0.2) is 42.0 Å². The van der Waals surface area contributed by atoms with Crippen molar-refractivity contribution in [1.29, 1.82) is 5.26 Å². The molecule has 0 saturated carbocycles. The highest BCUT2D eigenvalue weighted by Gasteiger charge is 2.14. The number of ether oxygens (including phenoxy) is 1. The number of carbonyl (C=O) groups excluding carboxylic acids is 1. The monoisotopic (exact) mass is 366 g/mol. The lowest BCUT2D eigenvalue weighted by Gasteiger charge is -2.03. The third-order valence-electron chi connectivity index (χ3n) is 3.42. The summed E-state index contributed by atoms with van der Waals surface area (Å²) in [6.45, 7) is 0.255. The first-order chi connectivity index (χ1) is 12.7. The van der Waals surface area contributed by atoms with Crippen LogP contribution in [0.2, 0.25) is 0 Å². The van der Waals surface area contributed by atoms with Crippen molar-refractivity contribution in [1.82, 2.24) is 15.0 Å². The molecule has 1 N–H and O–H groups in total. The Morgan fingerprint density at radius 2 is 2.19 bits per heavy atom. The van der Waals surface area contributed by atoms with Gasteiger partial charge in [-0.25, -0.2) is 9.97 Å². The molecule has 0 aliphatic heterocycles. The first-order valence-corrected chi connectivity index (χ1v) is 8.63. The van der Waals surface area contributed by atoms with Crippen molar-refractivity contribution in [3.05, 3.63) is 59.0 Å². The van der Waals surface area contributed by atoms with Gasteiger partial charge in [0.25, 0.3) is 0 Å². The molecule has 3 rings (SSSR count). The van der Waals surface area contributed by atoms with Gasteiger partial charge in [0.1, 0.15) is 22.5 Å². The third kappa shape index (κ3) is 4.40. The highest BCUT2D eigenvalue weighted by Crippen LogP contribution is 2.30. The number of aromatic hydroxyl groups is 1. The number of rotatable bonds is 6. The largest absolute Gasteiger partial charge is 0.506 e. The third-order valence-corrected chi connectivity index (χ3v) is 4.32. The second kappa shape index (κ2) is 8.18. The number of esters is 1. The molecule has 3 aromatic heterocycles. The standard InChI is InChI=1S/C18H14N4O3S/c19-9-12-7-15(23)17(21-10-12)18-22-14(11-26-18)8-16(24)25-6-4-13-3-1-2-5-20-13/h1-3,5,7,10-11,23H,4,6,8H2. The van der Waals surface area contributed by atoms with Crippen LogP contribution in [0.3, 0.4) is 0 Å². The Morgan fingerprint density at radius 3 is 2.92 bits per heavy atom. The summed E-state index contributed by atoms with van der Waals surface area (Å²) >= 11 is 1.26. The molecular weight excluding hydrogens is 352 g/mol. The predicted octanol–water partition coefficient (Wildman–Crippen LogP) is 2.51. The lowest BCUT2D eigenvalue weighted by Crippen LogP contribution is -2.11. The molecule has 7 nitrogen and oxygen atoms in total. The summed E-state index contributed by atoms with van der Waals surface area (Å²) in [4.78, 5) is 24.4. The van der Waals surface area contributed by atoms with Crippen molar-refractivity contribution < 1.29 is 14.6 Å². The van der Waals surface area contributed by atoms with Crippen LogP contribution in [-0.2, 0) is 22.4 Å². The van der Waals surface area contributed by atoms with Crippen LogP contribution < -0.4 is 0 Å². The number of thiazole rings is 1. The van der Waals surface area contributed by atoms with Crippen molar-refractivity contribution in [3.8, 4) is 22.5 Å². The fraction of sp³-hybridized carbons (Fsp3) is 0.167. The summed E-state index contributed by atoms with van der Waals surface area (Å²) in [5.74, 6) is -0.502. The zero-order valence-electron chi connectivity index (χ0n) is 13.6. The quantitative estimate of drug-likeness (QED) is 0.668. The zero-order chi connectivity index (χ0) is 18.4. The average Bonchev–Trinajstić information content (AvgIpc) is 3.10. The summed E-state index contributed by atoms with van der Waals surface area (Å²) in [6.07, 6.45) is 3.65. The Labute approximate surface area is 153 Å². The molecule has 0 aromatic carbocycles. The van der Waals surface area contributed by atoms with Crippen molar-refractivity contribution in [2.75, 3.05) is 6.61 Å². The second-order valence-corrected chi connectivity index (χ2v) is 6.17. The molecule has 0 fully saturated rings. The smallest absolute Gasteiger partial charge is 0.311 e. The minimum atomic E-state index is -0.380. The Hall–Kier alpha value is -3.31. The van der Waals surface area contributed by atoms with Gasteiger partial charge < -0.3 is 9.84 Å². The number of nitrogens with zero attached hydrogens (tertiary/aromatic N) is 4. The lowest BCUT2D eigenvalue weighted by atomic mass is 10.2. The fourth-order valence-corrected chi connectivity index (χ4v) is 3.01. The Bertz CT molecular complexity index is 951. The summed E-state index contributed by atoms with van der Waals surface area (Å²) in [5.41, 5.74) is 1.94. The maximum Gasteiger partial charge on any atom is 0.311 e. The molecule has 0 saturated heterocycles. The summed E-state index contributed by atoms with van der Waals surface area (Å²) < 4.78 is 5.20. The first-order valence-electron chi connectivity index (χ1n) is 7.75. The number of pyridine rings is 2. The fourth-order valence-electron chi connectivity index (χ4n) is 2.19. The zero-order valence-corrected chi connectivity index (χ0v) is 14.4. The van der Waals surface area contributed by atoms with E-state index in [9.17, 15) is 9.90 Å². The van der Waals surface area contributed by atoms with E-state index in [-0.39, 0.29) is 36.0 Å². The van der Waals surface area contributed by atoms with Crippen LogP contribution in [0, 0.1) is 11.3 Å². The molecule has 0 unspecified atom stereocenters. The van der Waals surface area contributed by atoms with Gasteiger partial charge >= 0.3 is 5.97 Å². The molecular formula is C18H14N4O3S. The SMILES string of the molecule is N#Cc1cnc(-c2nc(CC(=O)OCCc3ccccn3)cs2)c(O)c1. The summed E-state index contributed by atoms with van der Waals surface area (Å²) in [5, 5.41) is 20.9. The Morgan fingerprint density at radius 1 is 1.31 bits per heavy atom. The van der Waals surface area contributed by atoms with Gasteiger partial charge in [-0.05, 0) is 12.1 Å². The van der Waals surface area contributed by atoms with E-state index < -0.39 is 0 Å². The maximum atomic E-state index is 11.9. The molecule has 0 aliphatic rings. The number of nitriles is 1. The molecule has 3 aromatic rings. The molecule has 0 aliphatic carbocycles. The van der Waals surface area contributed by atoms with E-state index in [4.69, 9.17) is 10.00 Å². The molecule has 0 amide bonds. The minimum absolute atomic E-state index is 0.0375. The van der Waals surface area contributed by atoms with E-state index in [1.165, 1.54) is 23.6 Å². The van der Waals surface area contributed by atoms with Gasteiger partial charge in [0.2, 0.25) is 0 Å². The summed E-state index contributed by atoms with van der Waals surface area (Å²) in [6, 6.07) is 8.82. The first kappa shape index (κ1) is 17.5. The van der Waals surface area contributed by atoms with Crippen LogP contribution in [0.25, 0.3) is 10.7 Å². The van der Waals surface area contributed by atoms with Gasteiger partial charge in [-0.2, -0.15) is 5.26 Å². The van der Waals surface area contributed by atoms with Crippen molar-refractivity contribution in [3.63, 3.8) is 0 Å². The van der Waals surface area contributed by atoms with Crippen molar-refractivity contribution in [2.45, 2.75) is 12.8 Å².